The van der Waals surface area contributed by atoms with Crippen molar-refractivity contribution in [3.05, 3.63) is 48.7 Å². The van der Waals surface area contributed by atoms with Gasteiger partial charge in [0.25, 0.3) is 0 Å². The van der Waals surface area contributed by atoms with Gasteiger partial charge in [0.1, 0.15) is 10.6 Å². The van der Waals surface area contributed by atoms with Crippen LogP contribution >= 0.6 is 11.8 Å². The predicted molar refractivity (Wildman–Crippen MR) is 181 cm³/mol. The molecule has 1 aromatic heterocycles. The SMILES string of the molecule is CCCCOc1ccc(S(=O)(=O)c2cnc3ccc(SC)cc3c2N2CCC(N3CCC(N4CCCCC4)CC3)CC2)cc1. The number of rotatable bonds is 10. The minimum absolute atomic E-state index is 0.273. The third-order valence-electron chi connectivity index (χ3n) is 9.91. The van der Waals surface area contributed by atoms with Gasteiger partial charge >= 0.3 is 0 Å². The Balaban J connectivity index is 1.22. The standard InChI is InChI=1S/C35H48N4O3S2/c1-3-4-24-42-29-8-11-31(12-9-29)44(40,41)34-26-36-33-13-10-30(43-2)25-32(33)35(34)39-22-16-28(17-23-39)38-20-14-27(15-21-38)37-18-6-5-7-19-37/h8-13,25-28H,3-7,14-24H2,1-2H3. The van der Waals surface area contributed by atoms with E-state index in [-0.39, 0.29) is 4.90 Å². The molecular formula is C35H48N4O3S2. The van der Waals surface area contributed by atoms with Gasteiger partial charge in [0.2, 0.25) is 9.84 Å². The summed E-state index contributed by atoms with van der Waals surface area (Å²) in [5.41, 5.74) is 1.63. The van der Waals surface area contributed by atoms with Crippen molar-refractivity contribution in [1.82, 2.24) is 14.8 Å². The average Bonchev–Trinajstić information content (AvgIpc) is 3.08. The van der Waals surface area contributed by atoms with Crippen LogP contribution in [-0.2, 0) is 9.84 Å². The highest BCUT2D eigenvalue weighted by atomic mass is 32.2. The van der Waals surface area contributed by atoms with E-state index in [4.69, 9.17) is 4.74 Å². The van der Waals surface area contributed by atoms with E-state index in [1.54, 1.807) is 42.2 Å². The summed E-state index contributed by atoms with van der Waals surface area (Å²) >= 11 is 1.67. The van der Waals surface area contributed by atoms with Crippen LogP contribution in [-0.4, -0.2) is 87.4 Å². The molecule has 3 aromatic rings. The minimum atomic E-state index is -3.80. The van der Waals surface area contributed by atoms with Crippen molar-refractivity contribution < 1.29 is 13.2 Å². The molecule has 3 aliphatic rings. The molecule has 0 amide bonds. The molecular weight excluding hydrogens is 589 g/mol. The number of unbranched alkanes of at least 4 members (excludes halogenated alkanes) is 1. The highest BCUT2D eigenvalue weighted by molar-refractivity contribution is 7.98. The smallest absolute Gasteiger partial charge is 0.210 e. The number of nitrogens with zero attached hydrogens (tertiary/aromatic N) is 4. The number of aromatic nitrogens is 1. The Bertz CT molecular complexity index is 1490. The van der Waals surface area contributed by atoms with Crippen LogP contribution in [0.2, 0.25) is 0 Å². The number of benzene rings is 2. The summed E-state index contributed by atoms with van der Waals surface area (Å²) in [7, 11) is -3.80. The molecule has 0 N–H and O–H groups in total. The van der Waals surface area contributed by atoms with Crippen LogP contribution in [0.5, 0.6) is 5.75 Å². The molecule has 0 saturated carbocycles. The number of ether oxygens (including phenoxy) is 1. The summed E-state index contributed by atoms with van der Waals surface area (Å²) in [6.07, 6.45) is 14.4. The number of anilines is 1. The van der Waals surface area contributed by atoms with Gasteiger partial charge in [-0.2, -0.15) is 0 Å². The van der Waals surface area contributed by atoms with Gasteiger partial charge in [-0.15, -0.1) is 11.8 Å². The lowest BCUT2D eigenvalue weighted by Gasteiger charge is -2.45. The normalized spacial score (nSPS) is 19.9. The van der Waals surface area contributed by atoms with Gasteiger partial charge < -0.3 is 19.4 Å². The van der Waals surface area contributed by atoms with E-state index in [9.17, 15) is 8.42 Å². The molecule has 7 nitrogen and oxygen atoms in total. The molecule has 0 radical (unpaired) electrons. The number of pyridine rings is 1. The van der Waals surface area contributed by atoms with E-state index < -0.39 is 9.84 Å². The largest absolute Gasteiger partial charge is 0.494 e. The Morgan fingerprint density at radius 3 is 2.18 bits per heavy atom. The summed E-state index contributed by atoms with van der Waals surface area (Å²) < 4.78 is 34.2. The van der Waals surface area contributed by atoms with Crippen molar-refractivity contribution >= 4 is 38.2 Å². The summed E-state index contributed by atoms with van der Waals surface area (Å²) in [5, 5.41) is 0.915. The molecule has 4 heterocycles. The van der Waals surface area contributed by atoms with E-state index in [2.05, 4.69) is 45.0 Å². The number of thioether (sulfide) groups is 1. The van der Waals surface area contributed by atoms with Crippen LogP contribution in [0.15, 0.2) is 63.3 Å². The van der Waals surface area contributed by atoms with Crippen LogP contribution in [0.1, 0.15) is 64.7 Å². The van der Waals surface area contributed by atoms with E-state index in [0.717, 1.165) is 66.3 Å². The van der Waals surface area contributed by atoms with Crippen LogP contribution < -0.4 is 9.64 Å². The molecule has 3 fully saturated rings. The molecule has 3 aliphatic heterocycles. The first kappa shape index (κ1) is 31.6. The molecule has 0 atom stereocenters. The highest BCUT2D eigenvalue weighted by Gasteiger charge is 2.33. The fourth-order valence-corrected chi connectivity index (χ4v) is 9.19. The van der Waals surface area contributed by atoms with Crippen LogP contribution in [0, 0.1) is 0 Å². The zero-order valence-corrected chi connectivity index (χ0v) is 28.1. The van der Waals surface area contributed by atoms with Crippen molar-refractivity contribution in [2.24, 2.45) is 0 Å². The fraction of sp³-hybridized carbons (Fsp3) is 0.571. The van der Waals surface area contributed by atoms with E-state index in [1.807, 2.05) is 6.07 Å². The summed E-state index contributed by atoms with van der Waals surface area (Å²) in [5.74, 6) is 0.695. The number of likely N-dealkylation sites (tertiary alicyclic amines) is 2. The average molecular weight is 637 g/mol. The molecule has 0 aliphatic carbocycles. The minimum Gasteiger partial charge on any atom is -0.494 e. The predicted octanol–water partition coefficient (Wildman–Crippen LogP) is 6.89. The summed E-state index contributed by atoms with van der Waals surface area (Å²) in [6.45, 7) is 9.35. The van der Waals surface area contributed by atoms with Crippen molar-refractivity contribution in [1.29, 1.82) is 0 Å². The number of fused-ring (bicyclic) bond motifs is 1. The van der Waals surface area contributed by atoms with Crippen molar-refractivity contribution in [2.75, 3.05) is 57.0 Å². The van der Waals surface area contributed by atoms with Gasteiger partial charge in [0, 0.05) is 41.7 Å². The monoisotopic (exact) mass is 636 g/mol. The lowest BCUT2D eigenvalue weighted by atomic mass is 9.95. The van der Waals surface area contributed by atoms with Gasteiger partial charge in [-0.3, -0.25) is 4.98 Å². The maximum atomic E-state index is 14.2. The summed E-state index contributed by atoms with van der Waals surface area (Å²) in [6, 6.07) is 14.4. The molecule has 6 rings (SSSR count). The van der Waals surface area contributed by atoms with Gasteiger partial charge in [-0.25, -0.2) is 8.42 Å². The topological polar surface area (TPSA) is 66.0 Å². The number of hydrogen-bond donors (Lipinski definition) is 0. The van der Waals surface area contributed by atoms with E-state index in [1.165, 1.54) is 58.3 Å². The molecule has 0 bridgehead atoms. The second-order valence-electron chi connectivity index (χ2n) is 12.6. The third-order valence-corrected chi connectivity index (χ3v) is 12.4. The van der Waals surface area contributed by atoms with Crippen molar-refractivity contribution in [2.45, 2.75) is 91.5 Å². The fourth-order valence-electron chi connectivity index (χ4n) is 7.32. The molecule has 3 saturated heterocycles. The quantitative estimate of drug-likeness (QED) is 0.176. The van der Waals surface area contributed by atoms with Gasteiger partial charge in [0.15, 0.2) is 0 Å². The second kappa shape index (κ2) is 14.4. The third kappa shape index (κ3) is 6.91. The molecule has 2 aromatic carbocycles. The van der Waals surface area contributed by atoms with Crippen molar-refractivity contribution in [3.63, 3.8) is 0 Å². The van der Waals surface area contributed by atoms with Crippen LogP contribution in [0.4, 0.5) is 5.69 Å². The Kier molecular flexibility index (Phi) is 10.4. The maximum Gasteiger partial charge on any atom is 0.210 e. The van der Waals surface area contributed by atoms with Crippen molar-refractivity contribution in [3.8, 4) is 5.75 Å². The molecule has 9 heteroatoms. The Morgan fingerprint density at radius 2 is 1.52 bits per heavy atom. The zero-order chi connectivity index (χ0) is 30.5. The molecule has 44 heavy (non-hydrogen) atoms. The lowest BCUT2D eigenvalue weighted by molar-refractivity contribution is 0.0654. The Morgan fingerprint density at radius 1 is 0.864 bits per heavy atom. The van der Waals surface area contributed by atoms with Crippen LogP contribution in [0.25, 0.3) is 10.9 Å². The number of sulfone groups is 1. The van der Waals surface area contributed by atoms with Gasteiger partial charge in [0.05, 0.1) is 22.7 Å². The Hall–Kier alpha value is -2.33. The van der Waals surface area contributed by atoms with Crippen LogP contribution in [0.3, 0.4) is 0 Å². The van der Waals surface area contributed by atoms with E-state index in [0.29, 0.717) is 23.3 Å². The number of piperidine rings is 3. The first-order chi connectivity index (χ1) is 21.5. The lowest BCUT2D eigenvalue weighted by Crippen LogP contribution is -2.52. The summed E-state index contributed by atoms with van der Waals surface area (Å²) in [4.78, 5) is 14.1. The molecule has 0 unspecified atom stereocenters. The first-order valence-electron chi connectivity index (χ1n) is 16.7. The maximum absolute atomic E-state index is 14.2. The molecule has 238 valence electrons. The zero-order valence-electron chi connectivity index (χ0n) is 26.4. The van der Waals surface area contributed by atoms with E-state index >= 15 is 0 Å². The highest BCUT2D eigenvalue weighted by Crippen LogP contribution is 2.39. The number of hydrogen-bond acceptors (Lipinski definition) is 8. The molecule has 0 spiro atoms. The van der Waals surface area contributed by atoms with Gasteiger partial charge in [-0.05, 0) is 120 Å². The first-order valence-corrected chi connectivity index (χ1v) is 19.4. The Labute approximate surface area is 268 Å². The van der Waals surface area contributed by atoms with Gasteiger partial charge in [-0.1, -0.05) is 19.8 Å². The second-order valence-corrected chi connectivity index (χ2v) is 15.4.